The van der Waals surface area contributed by atoms with Crippen molar-refractivity contribution in [3.63, 3.8) is 0 Å². The number of aromatic nitrogens is 4. The second-order valence-corrected chi connectivity index (χ2v) is 17.7. The molecule has 1 amide bonds. The fourth-order valence-electron chi connectivity index (χ4n) is 9.57. The first-order valence-electron chi connectivity index (χ1n) is 23.3. The molecule has 0 radical (unpaired) electrons. The molecule has 0 spiro atoms. The molecule has 2 aliphatic heterocycles. The van der Waals surface area contributed by atoms with Crippen molar-refractivity contribution in [3.05, 3.63) is 83.4 Å². The van der Waals surface area contributed by atoms with E-state index in [4.69, 9.17) is 9.47 Å². The number of rotatable bonds is 15. The minimum Gasteiger partial charge on any atom is -0.490 e. The number of hydrogen-bond donors (Lipinski definition) is 2. The van der Waals surface area contributed by atoms with Gasteiger partial charge in [0, 0.05) is 29.3 Å². The number of nitrogens with one attached hydrogen (secondary N) is 1. The van der Waals surface area contributed by atoms with E-state index in [-0.39, 0.29) is 42.5 Å². The van der Waals surface area contributed by atoms with Crippen LogP contribution in [0.3, 0.4) is 0 Å². The van der Waals surface area contributed by atoms with Crippen LogP contribution >= 0.6 is 24.8 Å². The molecule has 2 N–H and O–H groups in total. The van der Waals surface area contributed by atoms with Gasteiger partial charge in [0.1, 0.15) is 11.5 Å². The summed E-state index contributed by atoms with van der Waals surface area (Å²) < 4.78 is 12.3. The molecule has 8 rings (SSSR count). The van der Waals surface area contributed by atoms with Gasteiger partial charge in [0.15, 0.2) is 11.4 Å². The van der Waals surface area contributed by atoms with E-state index in [1.807, 2.05) is 30.3 Å². The van der Waals surface area contributed by atoms with Crippen molar-refractivity contribution in [2.75, 3.05) is 7.05 Å². The van der Waals surface area contributed by atoms with Gasteiger partial charge in [0.2, 0.25) is 0 Å². The predicted octanol–water partition coefficient (Wildman–Crippen LogP) is 11.3. The summed E-state index contributed by atoms with van der Waals surface area (Å²) >= 11 is 0. The van der Waals surface area contributed by atoms with Crippen LogP contribution in [0.5, 0.6) is 11.5 Å². The van der Waals surface area contributed by atoms with Gasteiger partial charge in [0.05, 0.1) is 23.6 Å². The summed E-state index contributed by atoms with van der Waals surface area (Å²) in [6.07, 6.45) is 23.2. The fourth-order valence-corrected chi connectivity index (χ4v) is 9.57. The number of aryl methyl sites for hydroxylation is 2. The van der Waals surface area contributed by atoms with Gasteiger partial charge in [-0.15, -0.1) is 35.0 Å². The van der Waals surface area contributed by atoms with E-state index < -0.39 is 5.97 Å². The first-order valence-corrected chi connectivity index (χ1v) is 23.3. The van der Waals surface area contributed by atoms with Crippen molar-refractivity contribution >= 4 is 36.7 Å². The lowest BCUT2D eigenvalue weighted by Gasteiger charge is -2.36. The third-order valence-electron chi connectivity index (χ3n) is 13.2. The highest BCUT2D eigenvalue weighted by molar-refractivity contribution is 5.93. The molecule has 2 saturated heterocycles. The Balaban J connectivity index is 0.000000240. The second kappa shape index (κ2) is 24.7. The highest BCUT2D eigenvalue weighted by Crippen LogP contribution is 2.35. The number of piperidine rings is 1. The Hall–Kier alpha value is -4.32. The highest BCUT2D eigenvalue weighted by Gasteiger charge is 2.39. The van der Waals surface area contributed by atoms with Crippen molar-refractivity contribution in [2.24, 2.45) is 0 Å². The van der Waals surface area contributed by atoms with Gasteiger partial charge in [-0.3, -0.25) is 4.79 Å². The Labute approximate surface area is 386 Å². The molecule has 13 heteroatoms. The molecule has 342 valence electrons. The summed E-state index contributed by atoms with van der Waals surface area (Å²) in [7, 11) is 2.22. The molecule has 4 aromatic rings. The van der Waals surface area contributed by atoms with Crippen molar-refractivity contribution in [2.45, 2.75) is 173 Å². The van der Waals surface area contributed by atoms with Crippen LogP contribution in [0.15, 0.2) is 60.7 Å². The predicted molar refractivity (Wildman–Crippen MR) is 254 cm³/mol. The Morgan fingerprint density at radius 2 is 1.06 bits per heavy atom. The van der Waals surface area contributed by atoms with Crippen LogP contribution in [-0.2, 0) is 12.8 Å². The van der Waals surface area contributed by atoms with Crippen molar-refractivity contribution in [1.82, 2.24) is 30.6 Å². The lowest BCUT2D eigenvalue weighted by Crippen LogP contribution is -2.48. The number of aromatic carboxylic acids is 1. The number of benzene rings is 2. The molecular weight excluding hydrogens is 835 g/mol. The summed E-state index contributed by atoms with van der Waals surface area (Å²) in [4.78, 5) is 26.9. The molecule has 2 saturated carbocycles. The van der Waals surface area contributed by atoms with Crippen LogP contribution in [0.1, 0.15) is 162 Å². The molecule has 2 bridgehead atoms. The number of ether oxygens (including phenoxy) is 2. The number of carboxylic acids is 1. The number of fused-ring (bicyclic) bond motifs is 2. The monoisotopic (exact) mass is 902 g/mol. The number of unbranched alkanes of at least 4 members (excludes halogenated alkanes) is 2. The van der Waals surface area contributed by atoms with Crippen molar-refractivity contribution < 1.29 is 24.2 Å². The van der Waals surface area contributed by atoms with E-state index in [9.17, 15) is 14.7 Å². The van der Waals surface area contributed by atoms with E-state index in [0.29, 0.717) is 30.0 Å². The van der Waals surface area contributed by atoms with E-state index in [0.717, 1.165) is 122 Å². The second-order valence-electron chi connectivity index (χ2n) is 17.7. The molecule has 4 aliphatic rings. The summed E-state index contributed by atoms with van der Waals surface area (Å²) in [5.41, 5.74) is 6.05. The molecule has 11 nitrogen and oxygen atoms in total. The first kappa shape index (κ1) is 49.7. The maximum absolute atomic E-state index is 13.2. The zero-order valence-electron chi connectivity index (χ0n) is 37.4. The van der Waals surface area contributed by atoms with Crippen LogP contribution in [0, 0.1) is 0 Å². The Morgan fingerprint density at radius 1 is 0.635 bits per heavy atom. The zero-order chi connectivity index (χ0) is 42.6. The largest absolute Gasteiger partial charge is 0.490 e. The highest BCUT2D eigenvalue weighted by atomic mass is 35.5. The van der Waals surface area contributed by atoms with Crippen LogP contribution in [0.2, 0.25) is 0 Å². The third kappa shape index (κ3) is 13.6. The molecule has 4 fully saturated rings. The smallest absolute Gasteiger partial charge is 0.356 e. The Kier molecular flexibility index (Phi) is 19.5. The lowest BCUT2D eigenvalue weighted by molar-refractivity contribution is 0.0688. The summed E-state index contributed by atoms with van der Waals surface area (Å²) in [6, 6.07) is 21.2. The van der Waals surface area contributed by atoms with Gasteiger partial charge in [0.25, 0.3) is 5.91 Å². The molecule has 2 unspecified atom stereocenters. The normalized spacial score (nSPS) is 20.0. The average molecular weight is 904 g/mol. The molecule has 2 atom stereocenters. The van der Waals surface area contributed by atoms with Crippen molar-refractivity contribution in [1.29, 1.82) is 0 Å². The molecular formula is C50H68Cl2N6O5. The SMILES string of the molecule is CCCCc1nnc(C(=O)NC2CC3CCC(C2)N3C)cc1-c1ccc(OC2CCCCC2)cc1.CCCCc1nnc(C(=O)O)cc1-c1ccc(OC2CCCCC2)cc1.Cl.Cl. The number of carbonyl (C=O) groups is 2. The lowest BCUT2D eigenvalue weighted by atomic mass is 9.97. The van der Waals surface area contributed by atoms with Crippen molar-refractivity contribution in [3.8, 4) is 33.8 Å². The molecule has 63 heavy (non-hydrogen) atoms. The van der Waals surface area contributed by atoms with E-state index >= 15 is 0 Å². The maximum atomic E-state index is 13.2. The van der Waals surface area contributed by atoms with Crippen LogP contribution in [0.25, 0.3) is 22.3 Å². The van der Waals surface area contributed by atoms with E-state index in [2.05, 4.69) is 75.8 Å². The summed E-state index contributed by atoms with van der Waals surface area (Å²) in [6.45, 7) is 4.30. The van der Waals surface area contributed by atoms with Crippen LogP contribution in [0.4, 0.5) is 0 Å². The molecule has 2 aromatic heterocycles. The van der Waals surface area contributed by atoms with E-state index in [1.54, 1.807) is 6.07 Å². The molecule has 4 heterocycles. The van der Waals surface area contributed by atoms with Crippen LogP contribution < -0.4 is 14.8 Å². The third-order valence-corrected chi connectivity index (χ3v) is 13.2. The maximum Gasteiger partial charge on any atom is 0.356 e. The van der Waals surface area contributed by atoms with Crippen LogP contribution in [-0.4, -0.2) is 79.7 Å². The minimum atomic E-state index is -1.06. The van der Waals surface area contributed by atoms with Gasteiger partial charge in [-0.25, -0.2) is 4.79 Å². The van der Waals surface area contributed by atoms with Gasteiger partial charge >= 0.3 is 5.97 Å². The molecule has 2 aliphatic carbocycles. The topological polar surface area (TPSA) is 140 Å². The Bertz CT molecular complexity index is 2030. The van der Waals surface area contributed by atoms with Gasteiger partial charge < -0.3 is 24.8 Å². The van der Waals surface area contributed by atoms with Gasteiger partial charge in [-0.2, -0.15) is 10.2 Å². The first-order chi connectivity index (χ1) is 29.8. The summed E-state index contributed by atoms with van der Waals surface area (Å²) in [5, 5.41) is 29.4. The number of nitrogens with zero attached hydrogens (tertiary/aromatic N) is 5. The standard InChI is InChI=1S/C29H40N4O2.C21H26N2O3.2ClH/c1-3-4-10-27-26(20-11-15-25(16-12-20)35-24-8-6-5-7-9-24)19-28(32-31-27)29(34)30-21-17-22-13-14-23(18-21)33(22)2;1-2-3-9-19-18(14-20(21(24)25)23-22-19)15-10-12-17(13-11-15)26-16-7-5-4-6-8-16;;/h11-12,15-16,19,21-24H,3-10,13-14,17-18H2,1-2H3,(H,30,34);10-14,16H,2-9H2,1H3,(H,24,25);2*1H. The Morgan fingerprint density at radius 3 is 1.49 bits per heavy atom. The number of halogens is 2. The average Bonchev–Trinajstić information content (AvgIpc) is 3.48. The number of carboxylic acid groups (broad SMARTS) is 1. The fraction of sp³-hybridized carbons (Fsp3) is 0.560. The number of carbonyl (C=O) groups excluding carboxylic acids is 1. The van der Waals surface area contributed by atoms with Gasteiger partial charge in [-0.1, -0.05) is 63.8 Å². The minimum absolute atomic E-state index is 0. The van der Waals surface area contributed by atoms with E-state index in [1.165, 1.54) is 51.4 Å². The number of amides is 1. The number of hydrogen-bond acceptors (Lipinski definition) is 9. The zero-order valence-corrected chi connectivity index (χ0v) is 39.1. The summed E-state index contributed by atoms with van der Waals surface area (Å²) in [5.74, 6) is 0.633. The quantitative estimate of drug-likeness (QED) is 0.118. The van der Waals surface area contributed by atoms with Gasteiger partial charge in [-0.05, 0) is 157 Å². The molecule has 2 aromatic carbocycles.